The molecule has 0 saturated carbocycles. The molecule has 200 valence electrons. The highest BCUT2D eigenvalue weighted by molar-refractivity contribution is 7.61. The van der Waals surface area contributed by atoms with Crippen LogP contribution in [0.25, 0.3) is 0 Å². The molecule has 0 bridgehead atoms. The Morgan fingerprint density at radius 2 is 1.71 bits per heavy atom. The van der Waals surface area contributed by atoms with E-state index in [1.807, 2.05) is 4.98 Å². The maximum Gasteiger partial charge on any atom is 0.483 e. The van der Waals surface area contributed by atoms with E-state index in [0.29, 0.717) is 0 Å². The molecule has 0 aromatic carbocycles. The van der Waals surface area contributed by atoms with Crippen molar-refractivity contribution in [2.45, 2.75) is 55.6 Å². The summed E-state index contributed by atoms with van der Waals surface area (Å²) >= 11 is 0. The van der Waals surface area contributed by atoms with Crippen LogP contribution in [0, 0.1) is 0 Å². The van der Waals surface area contributed by atoms with Crippen LogP contribution in [0.2, 0.25) is 0 Å². The fourth-order valence-corrected chi connectivity index (χ4v) is 5.47. The van der Waals surface area contributed by atoms with Gasteiger partial charge in [-0.15, -0.1) is 0 Å². The number of aromatic nitrogens is 2. The summed E-state index contributed by atoms with van der Waals surface area (Å²) in [5, 5.41) is 48.4. The van der Waals surface area contributed by atoms with Gasteiger partial charge in [-0.1, -0.05) is 0 Å². The van der Waals surface area contributed by atoms with Crippen LogP contribution < -0.4 is 11.2 Å². The van der Waals surface area contributed by atoms with E-state index < -0.39 is 89.2 Å². The number of rotatable bonds is 9. The Bertz CT molecular complexity index is 1090. The van der Waals surface area contributed by atoms with Gasteiger partial charge in [0, 0.05) is 18.7 Å². The smallest absolute Gasteiger partial charge is 0.394 e. The molecule has 1 aromatic rings. The lowest BCUT2D eigenvalue weighted by molar-refractivity contribution is -0.280. The van der Waals surface area contributed by atoms with E-state index >= 15 is 0 Å². The molecule has 0 spiro atoms. The molecule has 10 atom stereocenters. The van der Waals surface area contributed by atoms with Gasteiger partial charge in [0.2, 0.25) is 0 Å². The molecule has 8 N–H and O–H groups in total. The summed E-state index contributed by atoms with van der Waals surface area (Å²) in [6.45, 7) is -1.73. The predicted octanol–water partition coefficient (Wildman–Crippen LogP) is -3.76. The van der Waals surface area contributed by atoms with Crippen LogP contribution in [-0.2, 0) is 32.0 Å². The number of aromatic amines is 1. The second-order valence-corrected chi connectivity index (χ2v) is 10.6. The molecule has 1 aromatic heterocycles. The van der Waals surface area contributed by atoms with E-state index in [4.69, 9.17) is 14.6 Å². The lowest BCUT2D eigenvalue weighted by Crippen LogP contribution is -2.58. The van der Waals surface area contributed by atoms with Crippen LogP contribution in [0.15, 0.2) is 21.9 Å². The average Bonchev–Trinajstić information content (AvgIpc) is 3.12. The van der Waals surface area contributed by atoms with E-state index in [-0.39, 0.29) is 6.42 Å². The molecule has 3 heterocycles. The topological polar surface area (TPSA) is 277 Å². The zero-order valence-electron chi connectivity index (χ0n) is 17.5. The van der Waals surface area contributed by atoms with Gasteiger partial charge >= 0.3 is 21.3 Å². The van der Waals surface area contributed by atoms with Gasteiger partial charge in [-0.05, 0) is 0 Å². The molecule has 2 saturated heterocycles. The first-order valence-electron chi connectivity index (χ1n) is 9.88. The fourth-order valence-electron chi connectivity index (χ4n) is 3.32. The summed E-state index contributed by atoms with van der Waals surface area (Å²) in [7, 11) is -10.9. The Balaban J connectivity index is 1.58. The van der Waals surface area contributed by atoms with Gasteiger partial charge < -0.3 is 44.8 Å². The van der Waals surface area contributed by atoms with Crippen LogP contribution in [0.4, 0.5) is 0 Å². The summed E-state index contributed by atoms with van der Waals surface area (Å²) in [5.74, 6) is 0. The number of phosphoric acid groups is 2. The Morgan fingerprint density at radius 3 is 2.34 bits per heavy atom. The molecular weight excluding hydrogens is 526 g/mol. The van der Waals surface area contributed by atoms with Crippen molar-refractivity contribution in [2.75, 3.05) is 13.2 Å². The molecule has 20 heteroatoms. The van der Waals surface area contributed by atoms with Crippen molar-refractivity contribution >= 4 is 15.6 Å². The van der Waals surface area contributed by atoms with E-state index in [1.54, 1.807) is 0 Å². The molecule has 0 amide bonds. The molecule has 0 aliphatic carbocycles. The van der Waals surface area contributed by atoms with Crippen molar-refractivity contribution in [3.63, 3.8) is 0 Å². The van der Waals surface area contributed by atoms with Crippen molar-refractivity contribution in [2.24, 2.45) is 0 Å². The molecule has 2 aliphatic heterocycles. The highest BCUT2D eigenvalue weighted by Crippen LogP contribution is 2.61. The molecule has 2 aliphatic rings. The molecule has 35 heavy (non-hydrogen) atoms. The lowest BCUT2D eigenvalue weighted by atomic mass is 10.00. The van der Waals surface area contributed by atoms with Gasteiger partial charge in [-0.2, -0.15) is 4.31 Å². The zero-order valence-corrected chi connectivity index (χ0v) is 19.3. The first-order valence-corrected chi connectivity index (χ1v) is 12.9. The molecule has 2 fully saturated rings. The van der Waals surface area contributed by atoms with E-state index in [2.05, 4.69) is 13.4 Å². The molecule has 2 unspecified atom stereocenters. The molecule has 18 nitrogen and oxygen atoms in total. The molecular formula is C15H24N2O16P2. The monoisotopic (exact) mass is 550 g/mol. The summed E-state index contributed by atoms with van der Waals surface area (Å²) in [6.07, 6.45) is -12.3. The Morgan fingerprint density at radius 1 is 1.03 bits per heavy atom. The number of hydrogen-bond acceptors (Lipinski definition) is 14. The number of hydrogen-bond donors (Lipinski definition) is 8. The van der Waals surface area contributed by atoms with Gasteiger partial charge in [0.25, 0.3) is 5.56 Å². The standard InChI is InChI=1S/C15H24N2O16P2/c18-4-7-11(21)12(22)13(23)14(31-7)32-35(27,28)33-34(25,26)29-5-8-6(19)3-10(30-8)17-2-1-9(20)16-15(17)24/h1-2,6-8,10-14,18-19,21-23H,3-5H2,(H,25,26)(H,27,28)(H,16,20,24)/t6-,7+,8+,10+,11+,12-,13+,14+/m0/s1. The highest BCUT2D eigenvalue weighted by Gasteiger charge is 2.48. The van der Waals surface area contributed by atoms with Crippen LogP contribution in [0.5, 0.6) is 0 Å². The zero-order chi connectivity index (χ0) is 26.1. The van der Waals surface area contributed by atoms with Crippen molar-refractivity contribution in [1.29, 1.82) is 0 Å². The van der Waals surface area contributed by atoms with Gasteiger partial charge in [0.05, 0.1) is 19.3 Å². The van der Waals surface area contributed by atoms with Crippen molar-refractivity contribution in [3.05, 3.63) is 33.1 Å². The lowest BCUT2D eigenvalue weighted by Gasteiger charge is -2.39. The normalized spacial score (nSPS) is 37.0. The fraction of sp³-hybridized carbons (Fsp3) is 0.733. The number of nitrogens with zero attached hydrogens (tertiary/aromatic N) is 1. The van der Waals surface area contributed by atoms with Gasteiger partial charge in [0.15, 0.2) is 6.29 Å². The average molecular weight is 550 g/mol. The number of aliphatic hydroxyl groups excluding tert-OH is 5. The van der Waals surface area contributed by atoms with Gasteiger partial charge in [-0.25, -0.2) is 13.9 Å². The largest absolute Gasteiger partial charge is 0.483 e. The second kappa shape index (κ2) is 11.0. The van der Waals surface area contributed by atoms with Gasteiger partial charge in [0.1, 0.15) is 36.7 Å². The predicted molar refractivity (Wildman–Crippen MR) is 107 cm³/mol. The minimum atomic E-state index is -5.53. The number of ether oxygens (including phenoxy) is 2. The SMILES string of the molecule is O=c1ccn([C@H]2C[C@H](O)[C@@H](COP(=O)(O)OP(=O)(O)O[C@H]3O[C@H](CO)[C@@H](O)[C@H](O)[C@H]3O)O2)c(=O)[nH]1. The summed E-state index contributed by atoms with van der Waals surface area (Å²) in [5.41, 5.74) is -1.50. The van der Waals surface area contributed by atoms with Crippen molar-refractivity contribution in [1.82, 2.24) is 9.55 Å². The van der Waals surface area contributed by atoms with E-state index in [9.17, 15) is 48.9 Å². The summed E-state index contributed by atoms with van der Waals surface area (Å²) in [4.78, 5) is 44.5. The minimum absolute atomic E-state index is 0.171. The van der Waals surface area contributed by atoms with Gasteiger partial charge in [-0.3, -0.25) is 23.4 Å². The van der Waals surface area contributed by atoms with Crippen LogP contribution >= 0.6 is 15.6 Å². The summed E-state index contributed by atoms with van der Waals surface area (Å²) in [6, 6.07) is 1.03. The number of nitrogens with one attached hydrogen (secondary N) is 1. The quantitative estimate of drug-likeness (QED) is 0.137. The Hall–Kier alpha value is -1.34. The number of aliphatic hydroxyl groups is 5. The Labute approximate surface area is 195 Å². The van der Waals surface area contributed by atoms with E-state index in [0.717, 1.165) is 16.8 Å². The third kappa shape index (κ3) is 6.91. The third-order valence-electron chi connectivity index (χ3n) is 5.06. The second-order valence-electron chi connectivity index (χ2n) is 7.57. The maximum atomic E-state index is 12.1. The summed E-state index contributed by atoms with van der Waals surface area (Å²) < 4.78 is 48.5. The highest BCUT2D eigenvalue weighted by atomic mass is 31.3. The molecule has 3 rings (SSSR count). The first kappa shape index (κ1) is 28.2. The van der Waals surface area contributed by atoms with Crippen LogP contribution in [-0.4, -0.2) is 101 Å². The van der Waals surface area contributed by atoms with E-state index in [1.165, 1.54) is 0 Å². The first-order chi connectivity index (χ1) is 16.2. The minimum Gasteiger partial charge on any atom is -0.394 e. The van der Waals surface area contributed by atoms with Crippen LogP contribution in [0.1, 0.15) is 12.6 Å². The number of phosphoric ester groups is 2. The van der Waals surface area contributed by atoms with Crippen molar-refractivity contribution < 1.29 is 67.3 Å². The molecule has 0 radical (unpaired) electrons. The van der Waals surface area contributed by atoms with Crippen LogP contribution in [0.3, 0.4) is 0 Å². The number of H-pyrrole nitrogens is 1. The van der Waals surface area contributed by atoms with Crippen molar-refractivity contribution in [3.8, 4) is 0 Å². The third-order valence-corrected chi connectivity index (χ3v) is 7.66. The Kier molecular flexibility index (Phi) is 8.84. The maximum absolute atomic E-state index is 12.1.